The number of benzene rings is 6. The van der Waals surface area contributed by atoms with Gasteiger partial charge in [0, 0.05) is 23.1 Å². The molecule has 0 aliphatic heterocycles. The second-order valence-corrected chi connectivity index (χ2v) is 11.1. The zero-order chi connectivity index (χ0) is 32.3. The van der Waals surface area contributed by atoms with Crippen molar-refractivity contribution in [3.63, 3.8) is 0 Å². The smallest absolute Gasteiger partial charge is 0.150 e. The standard InChI is InChI=1S/C42H34O5/c43-26-34-16-22-40(46-29-32-12-6-2-7-13-32)37(24-34)25-39-41(47-30-33-14-8-3-9-15-33)23-19-36(27-44)42(39)35-17-20-38(21-18-35)45-28-31-10-4-1-5-11-31/h1-24,26-27H,25,28-30H2. The van der Waals surface area contributed by atoms with Crippen LogP contribution in [-0.2, 0) is 26.2 Å². The molecule has 0 N–H and O–H groups in total. The molecule has 0 fully saturated rings. The molecule has 6 aromatic rings. The zero-order valence-corrected chi connectivity index (χ0v) is 25.9. The summed E-state index contributed by atoms with van der Waals surface area (Å²) in [5.41, 5.74) is 7.42. The lowest BCUT2D eigenvalue weighted by Gasteiger charge is -2.20. The van der Waals surface area contributed by atoms with E-state index in [1.165, 1.54) is 0 Å². The number of hydrogen-bond acceptors (Lipinski definition) is 5. The van der Waals surface area contributed by atoms with E-state index >= 15 is 0 Å². The fourth-order valence-corrected chi connectivity index (χ4v) is 5.47. The highest BCUT2D eigenvalue weighted by atomic mass is 16.5. The predicted octanol–water partition coefficient (Wildman–Crippen LogP) is 9.31. The van der Waals surface area contributed by atoms with Gasteiger partial charge in [-0.25, -0.2) is 0 Å². The van der Waals surface area contributed by atoms with E-state index < -0.39 is 0 Å². The molecule has 0 aliphatic rings. The molecule has 0 atom stereocenters. The van der Waals surface area contributed by atoms with E-state index in [9.17, 15) is 9.59 Å². The van der Waals surface area contributed by atoms with Crippen molar-refractivity contribution in [3.05, 3.63) is 185 Å². The quantitative estimate of drug-likeness (QED) is 0.114. The largest absolute Gasteiger partial charge is 0.489 e. The lowest BCUT2D eigenvalue weighted by molar-refractivity contribution is 0.111. The maximum absolute atomic E-state index is 12.5. The molecule has 0 amide bonds. The molecule has 232 valence electrons. The molecule has 0 spiro atoms. The molecule has 0 aliphatic carbocycles. The van der Waals surface area contributed by atoms with E-state index in [0.717, 1.165) is 57.3 Å². The highest BCUT2D eigenvalue weighted by molar-refractivity contribution is 5.90. The van der Waals surface area contributed by atoms with Crippen LogP contribution in [0.25, 0.3) is 11.1 Å². The predicted molar refractivity (Wildman–Crippen MR) is 184 cm³/mol. The van der Waals surface area contributed by atoms with Crippen LogP contribution >= 0.6 is 0 Å². The highest BCUT2D eigenvalue weighted by Gasteiger charge is 2.19. The van der Waals surface area contributed by atoms with Gasteiger partial charge in [-0.1, -0.05) is 103 Å². The van der Waals surface area contributed by atoms with Crippen molar-refractivity contribution < 1.29 is 23.8 Å². The molecule has 0 radical (unpaired) electrons. The van der Waals surface area contributed by atoms with Crippen LogP contribution in [0.4, 0.5) is 0 Å². The second-order valence-electron chi connectivity index (χ2n) is 11.1. The molecule has 0 aromatic heterocycles. The van der Waals surface area contributed by atoms with Gasteiger partial charge in [-0.2, -0.15) is 0 Å². The number of aldehydes is 2. The van der Waals surface area contributed by atoms with Gasteiger partial charge in [0.15, 0.2) is 6.29 Å². The summed E-state index contributed by atoms with van der Waals surface area (Å²) in [6.07, 6.45) is 2.06. The Morgan fingerprint density at radius 1 is 0.489 bits per heavy atom. The summed E-state index contributed by atoms with van der Waals surface area (Å²) in [4.78, 5) is 24.4. The highest BCUT2D eigenvalue weighted by Crippen LogP contribution is 2.38. The Bertz CT molecular complexity index is 1920. The van der Waals surface area contributed by atoms with E-state index in [-0.39, 0.29) is 0 Å². The fourth-order valence-electron chi connectivity index (χ4n) is 5.47. The maximum Gasteiger partial charge on any atom is 0.150 e. The van der Waals surface area contributed by atoms with E-state index in [4.69, 9.17) is 14.2 Å². The number of rotatable bonds is 14. The SMILES string of the molecule is O=Cc1ccc(OCc2ccccc2)c(Cc2c(OCc3ccccc3)ccc(C=O)c2-c2ccc(OCc3ccccc3)cc2)c1. The van der Waals surface area contributed by atoms with Crippen LogP contribution in [0.3, 0.4) is 0 Å². The Hall–Kier alpha value is -5.94. The minimum absolute atomic E-state index is 0.353. The summed E-state index contributed by atoms with van der Waals surface area (Å²) in [5, 5.41) is 0. The van der Waals surface area contributed by atoms with Crippen LogP contribution in [0, 0.1) is 0 Å². The van der Waals surface area contributed by atoms with Crippen LogP contribution in [0.5, 0.6) is 17.2 Å². The van der Waals surface area contributed by atoms with Crippen LogP contribution in [0.1, 0.15) is 48.5 Å². The van der Waals surface area contributed by atoms with Crippen LogP contribution < -0.4 is 14.2 Å². The molecular formula is C42H34O5. The molecule has 5 heteroatoms. The molecular weight excluding hydrogens is 584 g/mol. The van der Waals surface area contributed by atoms with Crippen molar-refractivity contribution in [2.45, 2.75) is 26.2 Å². The summed E-state index contributed by atoms with van der Waals surface area (Å²) < 4.78 is 18.8. The average molecular weight is 619 g/mol. The minimum Gasteiger partial charge on any atom is -0.489 e. The molecule has 0 saturated carbocycles. The molecule has 0 bridgehead atoms. The van der Waals surface area contributed by atoms with Crippen LogP contribution in [0.15, 0.2) is 146 Å². The Morgan fingerprint density at radius 3 is 1.57 bits per heavy atom. The minimum atomic E-state index is 0.353. The number of hydrogen-bond donors (Lipinski definition) is 0. The van der Waals surface area contributed by atoms with Crippen molar-refractivity contribution in [3.8, 4) is 28.4 Å². The summed E-state index contributed by atoms with van der Waals surface area (Å²) in [5.74, 6) is 2.02. The van der Waals surface area contributed by atoms with Crippen molar-refractivity contribution in [2.75, 3.05) is 0 Å². The first-order valence-electron chi connectivity index (χ1n) is 15.5. The first-order chi connectivity index (χ1) is 23.2. The first-order valence-corrected chi connectivity index (χ1v) is 15.5. The van der Waals surface area contributed by atoms with Gasteiger partial charge in [0.1, 0.15) is 43.4 Å². The molecule has 6 aromatic carbocycles. The summed E-state index contributed by atoms with van der Waals surface area (Å²) in [6, 6.07) is 46.7. The van der Waals surface area contributed by atoms with Crippen LogP contribution in [0.2, 0.25) is 0 Å². The maximum atomic E-state index is 12.5. The van der Waals surface area contributed by atoms with Crippen molar-refractivity contribution in [1.29, 1.82) is 0 Å². The molecule has 47 heavy (non-hydrogen) atoms. The Balaban J connectivity index is 1.38. The molecule has 0 unspecified atom stereocenters. The topological polar surface area (TPSA) is 61.8 Å². The van der Waals surface area contributed by atoms with Crippen molar-refractivity contribution >= 4 is 12.6 Å². The van der Waals surface area contributed by atoms with Gasteiger partial charge in [0.2, 0.25) is 0 Å². The Kier molecular flexibility index (Phi) is 10.2. The number of carbonyl (C=O) groups excluding carboxylic acids is 2. The molecule has 0 saturated heterocycles. The third kappa shape index (κ3) is 8.02. The van der Waals surface area contributed by atoms with Gasteiger partial charge in [-0.3, -0.25) is 9.59 Å². The normalized spacial score (nSPS) is 10.6. The third-order valence-electron chi connectivity index (χ3n) is 7.88. The molecule has 6 rings (SSSR count). The summed E-state index contributed by atoms with van der Waals surface area (Å²) >= 11 is 0. The van der Waals surface area contributed by atoms with E-state index in [1.807, 2.05) is 133 Å². The molecule has 5 nitrogen and oxygen atoms in total. The second kappa shape index (κ2) is 15.4. The van der Waals surface area contributed by atoms with Crippen molar-refractivity contribution in [1.82, 2.24) is 0 Å². The lowest BCUT2D eigenvalue weighted by Crippen LogP contribution is -2.06. The lowest BCUT2D eigenvalue weighted by atomic mass is 9.89. The zero-order valence-electron chi connectivity index (χ0n) is 25.9. The number of carbonyl (C=O) groups is 2. The van der Waals surface area contributed by atoms with Gasteiger partial charge < -0.3 is 14.2 Å². The number of ether oxygens (including phenoxy) is 3. The fraction of sp³-hybridized carbons (Fsp3) is 0.0952. The van der Waals surface area contributed by atoms with Crippen molar-refractivity contribution in [2.24, 2.45) is 0 Å². The third-order valence-corrected chi connectivity index (χ3v) is 7.88. The van der Waals surface area contributed by atoms with Gasteiger partial charge in [-0.05, 0) is 75.8 Å². The first kappa shape index (κ1) is 31.1. The Morgan fingerprint density at radius 2 is 1.02 bits per heavy atom. The van der Waals surface area contributed by atoms with Gasteiger partial charge in [0.25, 0.3) is 0 Å². The van der Waals surface area contributed by atoms with Gasteiger partial charge >= 0.3 is 0 Å². The van der Waals surface area contributed by atoms with Gasteiger partial charge in [-0.15, -0.1) is 0 Å². The summed E-state index contributed by atoms with van der Waals surface area (Å²) in [6.45, 7) is 1.18. The van der Waals surface area contributed by atoms with E-state index in [0.29, 0.717) is 48.9 Å². The van der Waals surface area contributed by atoms with Gasteiger partial charge in [0.05, 0.1) is 0 Å². The van der Waals surface area contributed by atoms with E-state index in [1.54, 1.807) is 12.1 Å². The van der Waals surface area contributed by atoms with Crippen LogP contribution in [-0.4, -0.2) is 12.6 Å². The summed E-state index contributed by atoms with van der Waals surface area (Å²) in [7, 11) is 0. The average Bonchev–Trinajstić information content (AvgIpc) is 3.14. The molecule has 0 heterocycles. The van der Waals surface area contributed by atoms with E-state index in [2.05, 4.69) is 0 Å². The monoisotopic (exact) mass is 618 g/mol. The Labute approximate surface area is 275 Å².